The maximum Gasteiger partial charge on any atom is -0.00165 e. The molecule has 2 heterocycles. The molecule has 0 saturated carbocycles. The Kier molecular flexibility index (Phi) is 15.0. The molecule has 0 aromatic heterocycles. The van der Waals surface area contributed by atoms with E-state index in [1.807, 2.05) is 41.5 Å². The second kappa shape index (κ2) is 13.4. The van der Waals surface area contributed by atoms with Crippen LogP contribution in [0.4, 0.5) is 0 Å². The van der Waals surface area contributed by atoms with Crippen molar-refractivity contribution in [1.82, 2.24) is 10.2 Å². The van der Waals surface area contributed by atoms with Crippen molar-refractivity contribution in [3.8, 4) is 0 Å². The molecule has 2 rings (SSSR count). The molecular formula is C16H38N2. The zero-order valence-electron chi connectivity index (χ0n) is 14.1. The highest BCUT2D eigenvalue weighted by Gasteiger charge is 2.34. The van der Waals surface area contributed by atoms with Gasteiger partial charge in [0.25, 0.3) is 0 Å². The van der Waals surface area contributed by atoms with Gasteiger partial charge >= 0.3 is 0 Å². The van der Waals surface area contributed by atoms with Gasteiger partial charge in [0.15, 0.2) is 0 Å². The summed E-state index contributed by atoms with van der Waals surface area (Å²) in [6.07, 6.45) is 5.71. The number of rotatable bonds is 0. The average Bonchev–Trinajstić information content (AvgIpc) is 2.50. The molecule has 2 nitrogen and oxygen atoms in total. The predicted molar refractivity (Wildman–Crippen MR) is 85.3 cm³/mol. The molecule has 0 radical (unpaired) electrons. The van der Waals surface area contributed by atoms with Gasteiger partial charge in [-0.05, 0) is 64.3 Å². The van der Waals surface area contributed by atoms with Gasteiger partial charge in [-0.15, -0.1) is 0 Å². The third-order valence-corrected chi connectivity index (χ3v) is 3.71. The van der Waals surface area contributed by atoms with Gasteiger partial charge in [-0.25, -0.2) is 0 Å². The van der Waals surface area contributed by atoms with Crippen molar-refractivity contribution in [2.24, 2.45) is 5.41 Å². The Morgan fingerprint density at radius 3 is 1.50 bits per heavy atom. The molecule has 0 aromatic carbocycles. The van der Waals surface area contributed by atoms with Crippen LogP contribution in [0.25, 0.3) is 0 Å². The van der Waals surface area contributed by atoms with E-state index >= 15 is 0 Å². The number of nitrogens with one attached hydrogen (secondary N) is 1. The zero-order chi connectivity index (χ0) is 14.4. The van der Waals surface area contributed by atoms with Crippen molar-refractivity contribution < 1.29 is 0 Å². The number of piperidine rings is 2. The fourth-order valence-electron chi connectivity index (χ4n) is 2.55. The first-order chi connectivity index (χ1) is 8.81. The van der Waals surface area contributed by atoms with Crippen LogP contribution in [0.3, 0.4) is 0 Å². The lowest BCUT2D eigenvalue weighted by Gasteiger charge is -2.43. The zero-order valence-corrected chi connectivity index (χ0v) is 14.1. The van der Waals surface area contributed by atoms with Gasteiger partial charge in [0.2, 0.25) is 0 Å². The minimum atomic E-state index is 0.734. The van der Waals surface area contributed by atoms with Crippen LogP contribution in [0.2, 0.25) is 0 Å². The Morgan fingerprint density at radius 1 is 0.722 bits per heavy atom. The van der Waals surface area contributed by atoms with Crippen molar-refractivity contribution in [2.75, 3.05) is 33.2 Å². The molecule has 18 heavy (non-hydrogen) atoms. The fourth-order valence-corrected chi connectivity index (χ4v) is 2.55. The van der Waals surface area contributed by atoms with Gasteiger partial charge in [-0.3, -0.25) is 0 Å². The van der Waals surface area contributed by atoms with E-state index in [-0.39, 0.29) is 0 Å². The second-order valence-electron chi connectivity index (χ2n) is 4.55. The van der Waals surface area contributed by atoms with Crippen molar-refractivity contribution in [3.63, 3.8) is 0 Å². The normalized spacial score (nSPS) is 21.5. The third kappa shape index (κ3) is 7.38. The van der Waals surface area contributed by atoms with E-state index in [9.17, 15) is 0 Å². The molecule has 2 fully saturated rings. The Morgan fingerprint density at radius 2 is 1.11 bits per heavy atom. The highest BCUT2D eigenvalue weighted by Crippen LogP contribution is 2.38. The first kappa shape index (κ1) is 20.2. The summed E-state index contributed by atoms with van der Waals surface area (Å²) < 4.78 is 0. The Bertz CT molecular complexity index is 141. The van der Waals surface area contributed by atoms with Gasteiger partial charge < -0.3 is 10.2 Å². The van der Waals surface area contributed by atoms with Crippen LogP contribution in [-0.2, 0) is 0 Å². The van der Waals surface area contributed by atoms with Gasteiger partial charge in [0.05, 0.1) is 0 Å². The van der Waals surface area contributed by atoms with E-state index in [1.165, 1.54) is 51.9 Å². The standard InChI is InChI=1S/C10H20N2.3C2H6/c1-12-8-4-10(5-9-12)2-6-11-7-3-10;3*1-2/h11H,2-9H2,1H3;3*1-2H3. The molecule has 0 aromatic rings. The van der Waals surface area contributed by atoms with Crippen LogP contribution in [0.15, 0.2) is 0 Å². The predicted octanol–water partition coefficient (Wildman–Crippen LogP) is 4.16. The minimum absolute atomic E-state index is 0.734. The number of hydrogen-bond donors (Lipinski definition) is 1. The van der Waals surface area contributed by atoms with E-state index in [2.05, 4.69) is 17.3 Å². The summed E-state index contributed by atoms with van der Waals surface area (Å²) in [5, 5.41) is 3.45. The SMILES string of the molecule is CC.CC.CC.CN1CCC2(CCNCC2)CC1. The summed E-state index contributed by atoms with van der Waals surface area (Å²) in [6, 6.07) is 0. The summed E-state index contributed by atoms with van der Waals surface area (Å²) >= 11 is 0. The summed E-state index contributed by atoms with van der Waals surface area (Å²) in [7, 11) is 2.24. The van der Waals surface area contributed by atoms with E-state index in [1.54, 1.807) is 0 Å². The summed E-state index contributed by atoms with van der Waals surface area (Å²) in [4.78, 5) is 2.47. The molecule has 1 spiro atoms. The van der Waals surface area contributed by atoms with Crippen molar-refractivity contribution >= 4 is 0 Å². The Balaban J connectivity index is 0. The lowest BCUT2D eigenvalue weighted by molar-refractivity contribution is 0.0876. The van der Waals surface area contributed by atoms with Gasteiger partial charge in [0, 0.05) is 0 Å². The molecule has 0 amide bonds. The van der Waals surface area contributed by atoms with E-state index in [4.69, 9.17) is 0 Å². The molecule has 1 N–H and O–H groups in total. The molecule has 0 unspecified atom stereocenters. The monoisotopic (exact) mass is 258 g/mol. The van der Waals surface area contributed by atoms with Crippen LogP contribution in [0.1, 0.15) is 67.2 Å². The van der Waals surface area contributed by atoms with Crippen molar-refractivity contribution in [2.45, 2.75) is 67.2 Å². The van der Waals surface area contributed by atoms with Gasteiger partial charge in [-0.1, -0.05) is 41.5 Å². The first-order valence-corrected chi connectivity index (χ1v) is 8.20. The highest BCUT2D eigenvalue weighted by molar-refractivity contribution is 4.88. The molecule has 2 heteroatoms. The molecule has 0 atom stereocenters. The second-order valence-corrected chi connectivity index (χ2v) is 4.55. The van der Waals surface area contributed by atoms with Crippen LogP contribution in [-0.4, -0.2) is 38.1 Å². The molecule has 2 aliphatic rings. The molecular weight excluding hydrogens is 220 g/mol. The molecule has 0 bridgehead atoms. The van der Waals surface area contributed by atoms with Crippen LogP contribution in [0.5, 0.6) is 0 Å². The molecule has 112 valence electrons. The van der Waals surface area contributed by atoms with Crippen molar-refractivity contribution in [3.05, 3.63) is 0 Å². The third-order valence-electron chi connectivity index (χ3n) is 3.71. The fraction of sp³-hybridized carbons (Fsp3) is 1.00. The number of hydrogen-bond acceptors (Lipinski definition) is 2. The van der Waals surface area contributed by atoms with E-state index < -0.39 is 0 Å². The summed E-state index contributed by atoms with van der Waals surface area (Å²) in [5.74, 6) is 0. The van der Waals surface area contributed by atoms with Gasteiger partial charge in [-0.2, -0.15) is 0 Å². The molecule has 2 saturated heterocycles. The minimum Gasteiger partial charge on any atom is -0.317 e. The quantitative estimate of drug-likeness (QED) is 0.702. The Hall–Kier alpha value is -0.0800. The lowest BCUT2D eigenvalue weighted by Crippen LogP contribution is -2.44. The molecule has 2 aliphatic heterocycles. The maximum absolute atomic E-state index is 3.45. The largest absolute Gasteiger partial charge is 0.317 e. The maximum atomic E-state index is 3.45. The van der Waals surface area contributed by atoms with Crippen LogP contribution < -0.4 is 5.32 Å². The smallest absolute Gasteiger partial charge is 0.00165 e. The molecule has 0 aliphatic carbocycles. The summed E-state index contributed by atoms with van der Waals surface area (Å²) in [5.41, 5.74) is 0.734. The topological polar surface area (TPSA) is 15.3 Å². The van der Waals surface area contributed by atoms with Crippen molar-refractivity contribution in [1.29, 1.82) is 0 Å². The Labute approximate surface area is 117 Å². The van der Waals surface area contributed by atoms with Crippen LogP contribution >= 0.6 is 0 Å². The van der Waals surface area contributed by atoms with E-state index in [0.29, 0.717) is 0 Å². The number of likely N-dealkylation sites (tertiary alicyclic amines) is 1. The number of nitrogens with zero attached hydrogens (tertiary/aromatic N) is 1. The lowest BCUT2D eigenvalue weighted by atomic mass is 9.72. The average molecular weight is 258 g/mol. The highest BCUT2D eigenvalue weighted by atomic mass is 15.1. The first-order valence-electron chi connectivity index (χ1n) is 8.20. The van der Waals surface area contributed by atoms with Gasteiger partial charge in [0.1, 0.15) is 0 Å². The van der Waals surface area contributed by atoms with E-state index in [0.717, 1.165) is 5.41 Å². The summed E-state index contributed by atoms with van der Waals surface area (Å²) in [6.45, 7) is 17.1. The van der Waals surface area contributed by atoms with Crippen LogP contribution in [0, 0.1) is 5.41 Å².